The first-order valence-electron chi connectivity index (χ1n) is 6.53. The van der Waals surface area contributed by atoms with Crippen molar-refractivity contribution in [3.8, 4) is 17.2 Å². The van der Waals surface area contributed by atoms with Crippen LogP contribution in [-0.2, 0) is 0 Å². The minimum absolute atomic E-state index is 0.0838. The van der Waals surface area contributed by atoms with E-state index in [4.69, 9.17) is 9.15 Å². The van der Waals surface area contributed by atoms with E-state index in [1.54, 1.807) is 0 Å². The van der Waals surface area contributed by atoms with Gasteiger partial charge < -0.3 is 14.5 Å². The molecule has 1 aromatic heterocycles. The highest BCUT2D eigenvalue weighted by molar-refractivity contribution is 5.62. The van der Waals surface area contributed by atoms with Gasteiger partial charge in [-0.25, -0.2) is 0 Å². The Kier molecular flexibility index (Phi) is 4.52. The van der Waals surface area contributed by atoms with Crippen molar-refractivity contribution in [2.75, 3.05) is 13.7 Å². The van der Waals surface area contributed by atoms with E-state index in [-0.39, 0.29) is 6.04 Å². The molecule has 0 aliphatic rings. The van der Waals surface area contributed by atoms with Crippen LogP contribution in [0.5, 0.6) is 5.75 Å². The number of ether oxygens (including phenoxy) is 1. The third-order valence-corrected chi connectivity index (χ3v) is 2.91. The molecule has 1 atom stereocenters. The molecule has 1 aromatic carbocycles. The number of aromatic nitrogens is 2. The smallest absolute Gasteiger partial charge is 0.251 e. The largest absolute Gasteiger partial charge is 0.493 e. The van der Waals surface area contributed by atoms with E-state index in [1.807, 2.05) is 38.2 Å². The van der Waals surface area contributed by atoms with Crippen LogP contribution >= 0.6 is 0 Å². The summed E-state index contributed by atoms with van der Waals surface area (Å²) in [7, 11) is 1.88. The van der Waals surface area contributed by atoms with Crippen molar-refractivity contribution in [3.05, 3.63) is 30.2 Å². The zero-order chi connectivity index (χ0) is 13.7. The van der Waals surface area contributed by atoms with E-state index < -0.39 is 0 Å². The molecule has 0 saturated heterocycles. The van der Waals surface area contributed by atoms with Crippen LogP contribution in [-0.4, -0.2) is 23.9 Å². The van der Waals surface area contributed by atoms with Crippen molar-refractivity contribution in [2.45, 2.75) is 26.3 Å². The molecule has 5 heteroatoms. The Labute approximate surface area is 113 Å². The van der Waals surface area contributed by atoms with E-state index in [0.29, 0.717) is 18.4 Å². The van der Waals surface area contributed by atoms with Gasteiger partial charge in [-0.1, -0.05) is 19.1 Å². The van der Waals surface area contributed by atoms with Crippen LogP contribution in [0, 0.1) is 0 Å². The van der Waals surface area contributed by atoms with Gasteiger partial charge >= 0.3 is 0 Å². The van der Waals surface area contributed by atoms with Crippen LogP contribution in [0.15, 0.2) is 28.7 Å². The molecular weight excluding hydrogens is 242 g/mol. The van der Waals surface area contributed by atoms with Gasteiger partial charge in [0.05, 0.1) is 18.2 Å². The van der Waals surface area contributed by atoms with E-state index in [1.165, 1.54) is 0 Å². The van der Waals surface area contributed by atoms with Crippen LogP contribution in [0.1, 0.15) is 32.2 Å². The second kappa shape index (κ2) is 6.33. The van der Waals surface area contributed by atoms with Gasteiger partial charge in [0.1, 0.15) is 5.75 Å². The Bertz CT molecular complexity index is 521. The maximum Gasteiger partial charge on any atom is 0.251 e. The molecule has 0 radical (unpaired) electrons. The van der Waals surface area contributed by atoms with Gasteiger partial charge in [0.15, 0.2) is 0 Å². The van der Waals surface area contributed by atoms with Gasteiger partial charge in [-0.2, -0.15) is 0 Å². The third-order valence-electron chi connectivity index (χ3n) is 2.91. The Balaban J connectivity index is 2.32. The average Bonchev–Trinajstić information content (AvgIpc) is 2.91. The van der Waals surface area contributed by atoms with Crippen LogP contribution in [0.25, 0.3) is 11.5 Å². The Morgan fingerprint density at radius 3 is 2.74 bits per heavy atom. The summed E-state index contributed by atoms with van der Waals surface area (Å²) < 4.78 is 11.3. The molecule has 0 amide bonds. The summed E-state index contributed by atoms with van der Waals surface area (Å²) in [6, 6.07) is 7.76. The van der Waals surface area contributed by atoms with Gasteiger partial charge in [0.25, 0.3) is 5.89 Å². The first-order chi connectivity index (χ1) is 9.30. The number of hydrogen-bond donors (Lipinski definition) is 1. The summed E-state index contributed by atoms with van der Waals surface area (Å²) in [6.07, 6.45) is 0.894. The lowest BCUT2D eigenvalue weighted by molar-refractivity contribution is 0.340. The third kappa shape index (κ3) is 2.93. The summed E-state index contributed by atoms with van der Waals surface area (Å²) >= 11 is 0. The molecule has 1 N–H and O–H groups in total. The van der Waals surface area contributed by atoms with Crippen molar-refractivity contribution >= 4 is 0 Å². The first kappa shape index (κ1) is 13.5. The van der Waals surface area contributed by atoms with Crippen LogP contribution in [0.3, 0.4) is 0 Å². The fraction of sp³-hybridized carbons (Fsp3) is 0.429. The second-order valence-electron chi connectivity index (χ2n) is 4.12. The van der Waals surface area contributed by atoms with Crippen molar-refractivity contribution < 1.29 is 9.15 Å². The molecule has 19 heavy (non-hydrogen) atoms. The van der Waals surface area contributed by atoms with Crippen molar-refractivity contribution in [3.63, 3.8) is 0 Å². The maximum absolute atomic E-state index is 5.74. The fourth-order valence-electron chi connectivity index (χ4n) is 1.91. The molecule has 0 saturated carbocycles. The monoisotopic (exact) mass is 261 g/mol. The molecule has 0 fully saturated rings. The van der Waals surface area contributed by atoms with Gasteiger partial charge in [0.2, 0.25) is 5.89 Å². The maximum atomic E-state index is 5.74. The highest BCUT2D eigenvalue weighted by Gasteiger charge is 2.17. The topological polar surface area (TPSA) is 60.2 Å². The molecule has 0 aliphatic heterocycles. The summed E-state index contributed by atoms with van der Waals surface area (Å²) in [5.41, 5.74) is 0.828. The zero-order valence-electron chi connectivity index (χ0n) is 11.5. The minimum Gasteiger partial charge on any atom is -0.493 e. The lowest BCUT2D eigenvalue weighted by atomic mass is 10.2. The van der Waals surface area contributed by atoms with Crippen LogP contribution in [0.2, 0.25) is 0 Å². The van der Waals surface area contributed by atoms with Crippen LogP contribution < -0.4 is 10.1 Å². The quantitative estimate of drug-likeness (QED) is 0.866. The van der Waals surface area contributed by atoms with E-state index in [9.17, 15) is 0 Å². The van der Waals surface area contributed by atoms with E-state index >= 15 is 0 Å². The predicted molar refractivity (Wildman–Crippen MR) is 73.0 cm³/mol. The Morgan fingerprint density at radius 1 is 1.26 bits per heavy atom. The van der Waals surface area contributed by atoms with Gasteiger partial charge in [-0.15, -0.1) is 10.2 Å². The predicted octanol–water partition coefficient (Wildman–Crippen LogP) is 2.81. The summed E-state index contributed by atoms with van der Waals surface area (Å²) in [6.45, 7) is 4.62. The highest BCUT2D eigenvalue weighted by Crippen LogP contribution is 2.29. The molecule has 102 valence electrons. The van der Waals surface area contributed by atoms with Crippen molar-refractivity contribution in [1.82, 2.24) is 15.5 Å². The first-order valence-corrected chi connectivity index (χ1v) is 6.53. The molecule has 1 unspecified atom stereocenters. The summed E-state index contributed by atoms with van der Waals surface area (Å²) in [5.74, 6) is 1.86. The zero-order valence-corrected chi connectivity index (χ0v) is 11.5. The summed E-state index contributed by atoms with van der Waals surface area (Å²) in [5, 5.41) is 11.4. The standard InChI is InChI=1S/C14H19N3O2/c1-4-11(15-3)14-17-16-13(19-14)10-8-6-7-9-12(10)18-5-2/h6-9,11,15H,4-5H2,1-3H3. The van der Waals surface area contributed by atoms with Gasteiger partial charge in [-0.3, -0.25) is 0 Å². The fourth-order valence-corrected chi connectivity index (χ4v) is 1.91. The number of nitrogens with one attached hydrogen (secondary N) is 1. The molecule has 1 heterocycles. The van der Waals surface area contributed by atoms with Gasteiger partial charge in [-0.05, 0) is 32.5 Å². The molecule has 2 aromatic rings. The molecular formula is C14H19N3O2. The lowest BCUT2D eigenvalue weighted by Gasteiger charge is -2.08. The summed E-state index contributed by atoms with van der Waals surface area (Å²) in [4.78, 5) is 0. The number of rotatable bonds is 6. The number of benzene rings is 1. The second-order valence-corrected chi connectivity index (χ2v) is 4.12. The normalized spacial score (nSPS) is 12.4. The molecule has 5 nitrogen and oxygen atoms in total. The SMILES string of the molecule is CCOc1ccccc1-c1nnc(C(CC)NC)o1. The number of nitrogens with zero attached hydrogens (tertiary/aromatic N) is 2. The van der Waals surface area contributed by atoms with Crippen LogP contribution in [0.4, 0.5) is 0 Å². The highest BCUT2D eigenvalue weighted by atomic mass is 16.5. The van der Waals surface area contributed by atoms with E-state index in [2.05, 4.69) is 22.4 Å². The van der Waals surface area contributed by atoms with E-state index in [0.717, 1.165) is 17.7 Å². The minimum atomic E-state index is 0.0838. The molecule has 0 bridgehead atoms. The van der Waals surface area contributed by atoms with Crippen molar-refractivity contribution in [1.29, 1.82) is 0 Å². The number of hydrogen-bond acceptors (Lipinski definition) is 5. The number of para-hydroxylation sites is 1. The van der Waals surface area contributed by atoms with Crippen molar-refractivity contribution in [2.24, 2.45) is 0 Å². The molecule has 0 spiro atoms. The lowest BCUT2D eigenvalue weighted by Crippen LogP contribution is -2.15. The van der Waals surface area contributed by atoms with Gasteiger partial charge in [0, 0.05) is 0 Å². The Hall–Kier alpha value is -1.88. The average molecular weight is 261 g/mol. The Morgan fingerprint density at radius 2 is 2.05 bits per heavy atom. The molecule has 2 rings (SSSR count). The molecule has 0 aliphatic carbocycles.